The summed E-state index contributed by atoms with van der Waals surface area (Å²) in [4.78, 5) is 20.3. The van der Waals surface area contributed by atoms with Gasteiger partial charge in [0.15, 0.2) is 19.9 Å². The molecule has 0 amide bonds. The molecule has 32 heavy (non-hydrogen) atoms. The quantitative estimate of drug-likeness (QED) is 0.237. The van der Waals surface area contributed by atoms with E-state index >= 15 is 0 Å². The molecule has 1 rings (SSSR count). The number of rotatable bonds is 13. The number of ether oxygens (including phenoxy) is 2. The van der Waals surface area contributed by atoms with Crippen LogP contribution in [0, 0.1) is 0 Å². The van der Waals surface area contributed by atoms with E-state index < -0.39 is 14.3 Å². The van der Waals surface area contributed by atoms with Crippen LogP contribution in [0.5, 0.6) is 5.75 Å². The lowest BCUT2D eigenvalue weighted by Gasteiger charge is -2.36. The molecule has 9 heteroatoms. The van der Waals surface area contributed by atoms with Crippen LogP contribution in [-0.2, 0) is 14.0 Å². The molecule has 0 aliphatic heterocycles. The highest BCUT2D eigenvalue weighted by Gasteiger charge is 2.37. The number of nitrogens with two attached hydrogens (primary N) is 1. The minimum Gasteiger partial charge on any atom is -0.491 e. The van der Waals surface area contributed by atoms with Crippen molar-refractivity contribution in [2.45, 2.75) is 84.5 Å². The SMILES string of the molecule is CCCC[C@@H](CCO[Si](C)(C)C(C)(C)C)Nc1nc(N)nc(/C=C/C(=O)OCC)c1OC. The van der Waals surface area contributed by atoms with Gasteiger partial charge in [0.25, 0.3) is 0 Å². The van der Waals surface area contributed by atoms with Crippen LogP contribution in [0.3, 0.4) is 0 Å². The molecule has 0 spiro atoms. The smallest absolute Gasteiger partial charge is 0.330 e. The van der Waals surface area contributed by atoms with Gasteiger partial charge < -0.3 is 25.0 Å². The van der Waals surface area contributed by atoms with E-state index in [0.29, 0.717) is 30.5 Å². The molecule has 0 saturated heterocycles. The van der Waals surface area contributed by atoms with Crippen LogP contribution in [-0.4, -0.2) is 50.6 Å². The van der Waals surface area contributed by atoms with Crippen molar-refractivity contribution >= 4 is 32.1 Å². The molecule has 182 valence electrons. The molecule has 1 aromatic rings. The fraction of sp³-hybridized carbons (Fsp3) is 0.696. The number of carbonyl (C=O) groups is 1. The van der Waals surface area contributed by atoms with E-state index in [4.69, 9.17) is 19.6 Å². The van der Waals surface area contributed by atoms with Crippen LogP contribution in [0.15, 0.2) is 6.08 Å². The number of methoxy groups -OCH3 is 1. The number of nitrogen functional groups attached to an aromatic ring is 1. The first-order valence-corrected chi connectivity index (χ1v) is 14.3. The zero-order valence-corrected chi connectivity index (χ0v) is 22.1. The van der Waals surface area contributed by atoms with E-state index in [-0.39, 0.29) is 17.0 Å². The van der Waals surface area contributed by atoms with Crippen LogP contribution >= 0.6 is 0 Å². The van der Waals surface area contributed by atoms with Gasteiger partial charge in [-0.2, -0.15) is 4.98 Å². The third kappa shape index (κ3) is 8.78. The molecule has 0 aromatic carbocycles. The molecule has 0 radical (unpaired) electrons. The van der Waals surface area contributed by atoms with Gasteiger partial charge in [0.1, 0.15) is 5.69 Å². The molecular formula is C23H42N4O4Si. The van der Waals surface area contributed by atoms with Crippen molar-refractivity contribution in [3.05, 3.63) is 11.8 Å². The minimum atomic E-state index is -1.81. The minimum absolute atomic E-state index is 0.101. The molecule has 1 heterocycles. The number of nitrogens with zero attached hydrogens (tertiary/aromatic N) is 2. The zero-order chi connectivity index (χ0) is 24.4. The average molecular weight is 467 g/mol. The van der Waals surface area contributed by atoms with E-state index in [1.54, 1.807) is 14.0 Å². The van der Waals surface area contributed by atoms with Gasteiger partial charge in [0, 0.05) is 18.7 Å². The standard InChI is InChI=1S/C23H42N4O4Si/c1-9-11-12-17(15-16-31-32(7,8)23(3,4)5)25-21-20(29-6)18(26-22(24)27-21)13-14-19(28)30-10-2/h13-14,17H,9-12,15-16H2,1-8H3,(H3,24,25,26,27)/b14-13+/t17-/m0/s1. The lowest BCUT2D eigenvalue weighted by molar-refractivity contribution is -0.137. The molecule has 0 aliphatic rings. The number of hydrogen-bond acceptors (Lipinski definition) is 8. The van der Waals surface area contributed by atoms with Crippen LogP contribution in [0.25, 0.3) is 6.08 Å². The molecule has 0 aliphatic carbocycles. The Hall–Kier alpha value is -2.13. The molecule has 0 fully saturated rings. The monoisotopic (exact) mass is 466 g/mol. The predicted octanol–water partition coefficient (Wildman–Crippen LogP) is 5.03. The molecule has 1 aromatic heterocycles. The Bertz CT molecular complexity index is 763. The summed E-state index contributed by atoms with van der Waals surface area (Å²) in [7, 11) is -0.265. The summed E-state index contributed by atoms with van der Waals surface area (Å²) in [6, 6.07) is 0.143. The molecular weight excluding hydrogens is 424 g/mol. The number of anilines is 2. The lowest BCUT2D eigenvalue weighted by atomic mass is 10.1. The summed E-state index contributed by atoms with van der Waals surface area (Å²) in [5.74, 6) is 0.594. The Balaban J connectivity index is 3.04. The third-order valence-electron chi connectivity index (χ3n) is 5.76. The third-order valence-corrected chi connectivity index (χ3v) is 10.3. The van der Waals surface area contributed by atoms with Gasteiger partial charge in [0.2, 0.25) is 5.95 Å². The van der Waals surface area contributed by atoms with Gasteiger partial charge in [0.05, 0.1) is 13.7 Å². The van der Waals surface area contributed by atoms with E-state index in [1.165, 1.54) is 12.2 Å². The summed E-state index contributed by atoms with van der Waals surface area (Å²) in [6.45, 7) is 16.2. The lowest BCUT2D eigenvalue weighted by Crippen LogP contribution is -2.41. The molecule has 0 bridgehead atoms. The Morgan fingerprint density at radius 3 is 2.47 bits per heavy atom. The molecule has 3 N–H and O–H groups in total. The summed E-state index contributed by atoms with van der Waals surface area (Å²) in [6.07, 6.45) is 6.82. The van der Waals surface area contributed by atoms with E-state index in [2.05, 4.69) is 56.1 Å². The van der Waals surface area contributed by atoms with Gasteiger partial charge in [-0.15, -0.1) is 0 Å². The Labute approximate surface area is 194 Å². The highest BCUT2D eigenvalue weighted by Crippen LogP contribution is 2.37. The summed E-state index contributed by atoms with van der Waals surface area (Å²) < 4.78 is 16.9. The van der Waals surface area contributed by atoms with Crippen LogP contribution in [0.4, 0.5) is 11.8 Å². The van der Waals surface area contributed by atoms with Gasteiger partial charge in [-0.3, -0.25) is 0 Å². The molecule has 8 nitrogen and oxygen atoms in total. The van der Waals surface area contributed by atoms with Crippen LogP contribution < -0.4 is 15.8 Å². The molecule has 0 saturated carbocycles. The largest absolute Gasteiger partial charge is 0.491 e. The van der Waals surface area contributed by atoms with E-state index in [0.717, 1.165) is 25.7 Å². The average Bonchev–Trinajstić information content (AvgIpc) is 2.69. The fourth-order valence-electron chi connectivity index (χ4n) is 2.84. The summed E-state index contributed by atoms with van der Waals surface area (Å²) >= 11 is 0. The van der Waals surface area contributed by atoms with Gasteiger partial charge in [-0.1, -0.05) is 40.5 Å². The first kappa shape index (κ1) is 27.9. The van der Waals surface area contributed by atoms with Crippen molar-refractivity contribution < 1.29 is 18.7 Å². The summed E-state index contributed by atoms with van der Waals surface area (Å²) in [5, 5.41) is 3.65. The number of nitrogens with one attached hydrogen (secondary N) is 1. The van der Waals surface area contributed by atoms with Gasteiger partial charge >= 0.3 is 5.97 Å². The van der Waals surface area contributed by atoms with Crippen molar-refractivity contribution in [1.29, 1.82) is 0 Å². The van der Waals surface area contributed by atoms with Crippen molar-refractivity contribution in [3.63, 3.8) is 0 Å². The van der Waals surface area contributed by atoms with Crippen molar-refractivity contribution in [1.82, 2.24) is 9.97 Å². The highest BCUT2D eigenvalue weighted by molar-refractivity contribution is 6.74. The number of aromatic nitrogens is 2. The Kier molecular flexibility index (Phi) is 11.2. The number of hydrogen-bond donors (Lipinski definition) is 2. The number of esters is 1. The Morgan fingerprint density at radius 1 is 1.22 bits per heavy atom. The van der Waals surface area contributed by atoms with Crippen molar-refractivity contribution in [2.75, 3.05) is 31.4 Å². The molecule has 1 atom stereocenters. The maximum absolute atomic E-state index is 11.7. The Morgan fingerprint density at radius 2 is 1.91 bits per heavy atom. The van der Waals surface area contributed by atoms with Gasteiger partial charge in [-0.05, 0) is 44.0 Å². The first-order chi connectivity index (χ1) is 14.9. The van der Waals surface area contributed by atoms with Crippen LogP contribution in [0.2, 0.25) is 18.1 Å². The maximum Gasteiger partial charge on any atom is 0.330 e. The predicted molar refractivity (Wildman–Crippen MR) is 133 cm³/mol. The number of unbranched alkanes of at least 4 members (excludes halogenated alkanes) is 1. The second kappa shape index (κ2) is 12.8. The van der Waals surface area contributed by atoms with Crippen molar-refractivity contribution in [2.24, 2.45) is 0 Å². The highest BCUT2D eigenvalue weighted by atomic mass is 28.4. The number of carbonyl (C=O) groups excluding carboxylic acids is 1. The maximum atomic E-state index is 11.7. The first-order valence-electron chi connectivity index (χ1n) is 11.4. The van der Waals surface area contributed by atoms with E-state index in [1.807, 2.05) is 0 Å². The van der Waals surface area contributed by atoms with Crippen LogP contribution in [0.1, 0.15) is 66.0 Å². The topological polar surface area (TPSA) is 109 Å². The van der Waals surface area contributed by atoms with Crippen molar-refractivity contribution in [3.8, 4) is 5.75 Å². The fourth-order valence-corrected chi connectivity index (χ4v) is 3.90. The second-order valence-corrected chi connectivity index (χ2v) is 14.1. The second-order valence-electron chi connectivity index (χ2n) is 9.32. The van der Waals surface area contributed by atoms with Gasteiger partial charge in [-0.25, -0.2) is 9.78 Å². The summed E-state index contributed by atoms with van der Waals surface area (Å²) in [5.41, 5.74) is 6.36. The van der Waals surface area contributed by atoms with E-state index in [9.17, 15) is 4.79 Å². The normalized spacial score (nSPS) is 13.2. The molecule has 0 unspecified atom stereocenters. The zero-order valence-electron chi connectivity index (χ0n) is 21.1.